The van der Waals surface area contributed by atoms with Crippen LogP contribution in [0.25, 0.3) is 0 Å². The number of hydrogen-bond acceptors (Lipinski definition) is 5. The van der Waals surface area contributed by atoms with Gasteiger partial charge in [-0.3, -0.25) is 0 Å². The molecule has 68 valence electrons. The highest BCUT2D eigenvalue weighted by atomic mass is 32.1. The molecule has 0 spiro atoms. The van der Waals surface area contributed by atoms with Gasteiger partial charge in [-0.25, -0.2) is 0 Å². The van der Waals surface area contributed by atoms with Gasteiger partial charge >= 0.3 is 0 Å². The molecule has 1 unspecified atom stereocenters. The Morgan fingerprint density at radius 1 is 1.58 bits per heavy atom. The molecule has 0 amide bonds. The normalized spacial score (nSPS) is 12.9. The van der Waals surface area contributed by atoms with Crippen molar-refractivity contribution in [1.29, 1.82) is 0 Å². The van der Waals surface area contributed by atoms with Gasteiger partial charge in [0.1, 0.15) is 5.01 Å². The third kappa shape index (κ3) is 3.15. The first-order valence-corrected chi connectivity index (χ1v) is 4.72. The standard InChI is InChI=1S/C7H13N3OS/c1-5(11)3-4-8-7-10-9-6(2)12-7/h5,11H,3-4H2,1-2H3,(H,8,10). The lowest BCUT2D eigenvalue weighted by Crippen LogP contribution is -2.09. The van der Waals surface area contributed by atoms with Crippen LogP contribution in [0.3, 0.4) is 0 Å². The maximum absolute atomic E-state index is 8.96. The van der Waals surface area contributed by atoms with Crippen LogP contribution >= 0.6 is 11.3 Å². The van der Waals surface area contributed by atoms with E-state index >= 15 is 0 Å². The van der Waals surface area contributed by atoms with Gasteiger partial charge in [0.2, 0.25) is 5.13 Å². The lowest BCUT2D eigenvalue weighted by atomic mass is 10.3. The predicted octanol–water partition coefficient (Wildman–Crippen LogP) is 1.03. The molecule has 1 aromatic rings. The van der Waals surface area contributed by atoms with E-state index in [1.54, 1.807) is 6.92 Å². The zero-order chi connectivity index (χ0) is 8.97. The molecule has 0 aromatic carbocycles. The summed E-state index contributed by atoms with van der Waals surface area (Å²) < 4.78 is 0. The largest absolute Gasteiger partial charge is 0.393 e. The molecule has 0 aliphatic rings. The summed E-state index contributed by atoms with van der Waals surface area (Å²) in [6.07, 6.45) is 0.477. The zero-order valence-electron chi connectivity index (χ0n) is 7.24. The third-order valence-electron chi connectivity index (χ3n) is 1.36. The Kier molecular flexibility index (Phi) is 3.43. The van der Waals surface area contributed by atoms with Crippen molar-refractivity contribution in [2.45, 2.75) is 26.4 Å². The molecule has 0 aliphatic carbocycles. The van der Waals surface area contributed by atoms with Gasteiger partial charge < -0.3 is 10.4 Å². The second-order valence-corrected chi connectivity index (χ2v) is 3.87. The monoisotopic (exact) mass is 187 g/mol. The van der Waals surface area contributed by atoms with E-state index in [-0.39, 0.29) is 6.10 Å². The van der Waals surface area contributed by atoms with E-state index < -0.39 is 0 Å². The quantitative estimate of drug-likeness (QED) is 0.739. The SMILES string of the molecule is Cc1nnc(NCCC(C)O)s1. The first-order chi connectivity index (χ1) is 5.68. The summed E-state index contributed by atoms with van der Waals surface area (Å²) in [4.78, 5) is 0. The summed E-state index contributed by atoms with van der Waals surface area (Å²) in [6, 6.07) is 0. The Morgan fingerprint density at radius 2 is 2.33 bits per heavy atom. The molecule has 12 heavy (non-hydrogen) atoms. The Hall–Kier alpha value is -0.680. The van der Waals surface area contributed by atoms with Crippen LogP contribution in [-0.4, -0.2) is 28.0 Å². The highest BCUT2D eigenvalue weighted by Crippen LogP contribution is 2.13. The second-order valence-electron chi connectivity index (χ2n) is 2.69. The summed E-state index contributed by atoms with van der Waals surface area (Å²) in [5.74, 6) is 0. The smallest absolute Gasteiger partial charge is 0.205 e. The van der Waals surface area contributed by atoms with Crippen LogP contribution in [0.15, 0.2) is 0 Å². The third-order valence-corrected chi connectivity index (χ3v) is 2.16. The maximum Gasteiger partial charge on any atom is 0.205 e. The number of rotatable bonds is 4. The van der Waals surface area contributed by atoms with E-state index in [2.05, 4.69) is 15.5 Å². The van der Waals surface area contributed by atoms with Crippen molar-refractivity contribution in [1.82, 2.24) is 10.2 Å². The van der Waals surface area contributed by atoms with Gasteiger partial charge in [0.15, 0.2) is 0 Å². The highest BCUT2D eigenvalue weighted by Gasteiger charge is 1.99. The van der Waals surface area contributed by atoms with Gasteiger partial charge in [-0.1, -0.05) is 11.3 Å². The van der Waals surface area contributed by atoms with E-state index in [0.29, 0.717) is 0 Å². The Bertz CT molecular complexity index is 236. The van der Waals surface area contributed by atoms with Crippen molar-refractivity contribution in [2.75, 3.05) is 11.9 Å². The lowest BCUT2D eigenvalue weighted by Gasteiger charge is -2.03. The van der Waals surface area contributed by atoms with E-state index in [4.69, 9.17) is 5.11 Å². The van der Waals surface area contributed by atoms with Crippen molar-refractivity contribution in [3.05, 3.63) is 5.01 Å². The second kappa shape index (κ2) is 4.37. The molecular weight excluding hydrogens is 174 g/mol. The number of aliphatic hydroxyl groups is 1. The Labute approximate surface area is 75.6 Å². The fourth-order valence-corrected chi connectivity index (χ4v) is 1.37. The van der Waals surface area contributed by atoms with Crippen LogP contribution in [0.5, 0.6) is 0 Å². The molecule has 0 radical (unpaired) electrons. The molecular formula is C7H13N3OS. The molecule has 0 aliphatic heterocycles. The minimum absolute atomic E-state index is 0.258. The Balaban J connectivity index is 2.24. The molecule has 0 saturated carbocycles. The molecule has 5 heteroatoms. The van der Waals surface area contributed by atoms with Gasteiger partial charge in [-0.2, -0.15) is 0 Å². The molecule has 1 heterocycles. The number of anilines is 1. The minimum Gasteiger partial charge on any atom is -0.393 e. The van der Waals surface area contributed by atoms with E-state index in [0.717, 1.165) is 23.1 Å². The van der Waals surface area contributed by atoms with Gasteiger partial charge in [-0.15, -0.1) is 10.2 Å². The van der Waals surface area contributed by atoms with Crippen molar-refractivity contribution < 1.29 is 5.11 Å². The number of aliphatic hydroxyl groups excluding tert-OH is 1. The number of nitrogens with one attached hydrogen (secondary N) is 1. The molecule has 1 rings (SSSR count). The lowest BCUT2D eigenvalue weighted by molar-refractivity contribution is 0.189. The minimum atomic E-state index is -0.258. The van der Waals surface area contributed by atoms with Crippen molar-refractivity contribution in [3.8, 4) is 0 Å². The molecule has 0 fully saturated rings. The van der Waals surface area contributed by atoms with Crippen LogP contribution < -0.4 is 5.32 Å². The highest BCUT2D eigenvalue weighted by molar-refractivity contribution is 7.15. The predicted molar refractivity (Wildman–Crippen MR) is 49.4 cm³/mol. The molecule has 1 atom stereocenters. The van der Waals surface area contributed by atoms with Gasteiger partial charge in [0.05, 0.1) is 6.10 Å². The number of hydrogen-bond donors (Lipinski definition) is 2. The van der Waals surface area contributed by atoms with E-state index in [9.17, 15) is 0 Å². The van der Waals surface area contributed by atoms with Gasteiger partial charge in [-0.05, 0) is 20.3 Å². The number of aromatic nitrogens is 2. The molecule has 2 N–H and O–H groups in total. The van der Waals surface area contributed by atoms with Crippen molar-refractivity contribution in [3.63, 3.8) is 0 Å². The average Bonchev–Trinajstić information content (AvgIpc) is 2.35. The van der Waals surface area contributed by atoms with Gasteiger partial charge in [0.25, 0.3) is 0 Å². The molecule has 0 saturated heterocycles. The van der Waals surface area contributed by atoms with Crippen LogP contribution in [0.2, 0.25) is 0 Å². The first kappa shape index (κ1) is 9.41. The summed E-state index contributed by atoms with van der Waals surface area (Å²) in [5, 5.41) is 21.6. The Morgan fingerprint density at radius 3 is 2.83 bits per heavy atom. The average molecular weight is 187 g/mol. The van der Waals surface area contributed by atoms with Crippen LogP contribution in [0.1, 0.15) is 18.4 Å². The topological polar surface area (TPSA) is 58.0 Å². The van der Waals surface area contributed by atoms with E-state index in [1.807, 2.05) is 6.92 Å². The summed E-state index contributed by atoms with van der Waals surface area (Å²) in [5.41, 5.74) is 0. The summed E-state index contributed by atoms with van der Waals surface area (Å²) in [7, 11) is 0. The molecule has 0 bridgehead atoms. The molecule has 4 nitrogen and oxygen atoms in total. The van der Waals surface area contributed by atoms with Gasteiger partial charge in [0, 0.05) is 6.54 Å². The number of aryl methyl sites for hydroxylation is 1. The summed E-state index contributed by atoms with van der Waals surface area (Å²) in [6.45, 7) is 4.43. The van der Waals surface area contributed by atoms with Crippen LogP contribution in [0.4, 0.5) is 5.13 Å². The van der Waals surface area contributed by atoms with Crippen molar-refractivity contribution >= 4 is 16.5 Å². The van der Waals surface area contributed by atoms with Crippen LogP contribution in [0, 0.1) is 6.92 Å². The summed E-state index contributed by atoms with van der Waals surface area (Å²) >= 11 is 1.52. The fraction of sp³-hybridized carbons (Fsp3) is 0.714. The number of nitrogens with zero attached hydrogens (tertiary/aromatic N) is 2. The molecule has 1 aromatic heterocycles. The van der Waals surface area contributed by atoms with Crippen LogP contribution in [-0.2, 0) is 0 Å². The maximum atomic E-state index is 8.96. The fourth-order valence-electron chi connectivity index (χ4n) is 0.756. The van der Waals surface area contributed by atoms with E-state index in [1.165, 1.54) is 11.3 Å². The zero-order valence-corrected chi connectivity index (χ0v) is 8.06. The van der Waals surface area contributed by atoms with Crippen molar-refractivity contribution in [2.24, 2.45) is 0 Å². The first-order valence-electron chi connectivity index (χ1n) is 3.90.